The van der Waals surface area contributed by atoms with Crippen LogP contribution >= 0.6 is 15.9 Å². The Morgan fingerprint density at radius 3 is 2.72 bits per heavy atom. The maximum atomic E-state index is 12.2. The third-order valence-electron chi connectivity index (χ3n) is 3.21. The standard InChI is InChI=1S/C17H20BrN3O4/c1-4-6-11(5-2)16(23)21-17(24)20-15(14(10-22)25-3)13-9-12(18)7-8-19-13/h4-9,14-15,22H,1-2,10H2,3H3,(H2,20,21,23,24)/b11-6+. The van der Waals surface area contributed by atoms with Crippen molar-refractivity contribution in [2.45, 2.75) is 12.1 Å². The van der Waals surface area contributed by atoms with Gasteiger partial charge >= 0.3 is 6.03 Å². The minimum atomic E-state index is -0.768. The fourth-order valence-corrected chi connectivity index (χ4v) is 2.33. The van der Waals surface area contributed by atoms with E-state index in [1.807, 2.05) is 0 Å². The molecule has 0 fully saturated rings. The number of allylic oxidation sites excluding steroid dienone is 2. The number of hydrogen-bond donors (Lipinski definition) is 3. The van der Waals surface area contributed by atoms with Gasteiger partial charge in [-0.1, -0.05) is 47.3 Å². The first-order valence-electron chi connectivity index (χ1n) is 7.28. The van der Waals surface area contributed by atoms with E-state index in [2.05, 4.69) is 44.7 Å². The number of nitrogens with one attached hydrogen (secondary N) is 2. The van der Waals surface area contributed by atoms with Gasteiger partial charge in [-0.2, -0.15) is 0 Å². The molecule has 0 bridgehead atoms. The summed E-state index contributed by atoms with van der Waals surface area (Å²) in [5.74, 6) is -0.633. The molecular weight excluding hydrogens is 390 g/mol. The van der Waals surface area contributed by atoms with E-state index in [9.17, 15) is 14.7 Å². The van der Waals surface area contributed by atoms with Gasteiger partial charge in [-0.25, -0.2) is 4.79 Å². The van der Waals surface area contributed by atoms with Crippen LogP contribution in [0.1, 0.15) is 11.7 Å². The highest BCUT2D eigenvalue weighted by Crippen LogP contribution is 2.20. The Morgan fingerprint density at radius 1 is 1.48 bits per heavy atom. The Bertz CT molecular complexity index is 672. The molecule has 3 N–H and O–H groups in total. The number of carbonyl (C=O) groups is 2. The number of urea groups is 1. The highest BCUT2D eigenvalue weighted by atomic mass is 79.9. The number of aliphatic hydroxyl groups is 1. The predicted molar refractivity (Wildman–Crippen MR) is 97.7 cm³/mol. The Hall–Kier alpha value is -2.29. The molecule has 2 atom stereocenters. The van der Waals surface area contributed by atoms with Crippen molar-refractivity contribution in [1.29, 1.82) is 0 Å². The van der Waals surface area contributed by atoms with Crippen molar-refractivity contribution in [3.8, 4) is 0 Å². The van der Waals surface area contributed by atoms with Crippen LogP contribution in [0, 0.1) is 0 Å². The molecule has 1 rings (SSSR count). The molecule has 0 saturated heterocycles. The van der Waals surface area contributed by atoms with Gasteiger partial charge in [-0.05, 0) is 12.1 Å². The van der Waals surface area contributed by atoms with E-state index in [0.717, 1.165) is 4.47 Å². The van der Waals surface area contributed by atoms with Crippen molar-refractivity contribution in [3.05, 3.63) is 65.5 Å². The number of imide groups is 1. The zero-order valence-electron chi connectivity index (χ0n) is 13.7. The van der Waals surface area contributed by atoms with E-state index < -0.39 is 24.1 Å². The number of halogens is 1. The minimum absolute atomic E-state index is 0.188. The van der Waals surface area contributed by atoms with E-state index in [-0.39, 0.29) is 12.2 Å². The van der Waals surface area contributed by atoms with Crippen LogP contribution in [0.5, 0.6) is 0 Å². The minimum Gasteiger partial charge on any atom is -0.394 e. The fraction of sp³-hybridized carbons (Fsp3) is 0.235. The number of hydrogen-bond acceptors (Lipinski definition) is 5. The lowest BCUT2D eigenvalue weighted by molar-refractivity contribution is -0.116. The van der Waals surface area contributed by atoms with E-state index in [1.54, 1.807) is 18.3 Å². The molecule has 134 valence electrons. The number of nitrogens with zero attached hydrogens (tertiary/aromatic N) is 1. The van der Waals surface area contributed by atoms with Gasteiger partial charge in [-0.15, -0.1) is 0 Å². The maximum absolute atomic E-state index is 12.2. The Morgan fingerprint density at radius 2 is 2.20 bits per heavy atom. The second-order valence-electron chi connectivity index (χ2n) is 4.82. The van der Waals surface area contributed by atoms with E-state index in [1.165, 1.54) is 25.3 Å². The quantitative estimate of drug-likeness (QED) is 0.450. The Balaban J connectivity index is 2.96. The van der Waals surface area contributed by atoms with Crippen molar-refractivity contribution in [2.75, 3.05) is 13.7 Å². The molecule has 0 radical (unpaired) electrons. The van der Waals surface area contributed by atoms with Crippen LogP contribution in [0.15, 0.2) is 59.8 Å². The van der Waals surface area contributed by atoms with Gasteiger partial charge in [-0.3, -0.25) is 15.1 Å². The predicted octanol–water partition coefficient (Wildman–Crippen LogP) is 2.02. The second-order valence-corrected chi connectivity index (χ2v) is 5.74. The number of ether oxygens (including phenoxy) is 1. The SMILES string of the molecule is C=C/C=C(\C=C)C(=O)NC(=O)NC(c1cc(Br)ccn1)C(CO)OC. The molecule has 2 unspecified atom stereocenters. The van der Waals surface area contributed by atoms with Crippen LogP contribution in [-0.4, -0.2) is 41.8 Å². The summed E-state index contributed by atoms with van der Waals surface area (Å²) in [6.07, 6.45) is 4.95. The van der Waals surface area contributed by atoms with Gasteiger partial charge in [0.1, 0.15) is 12.1 Å². The lowest BCUT2D eigenvalue weighted by Crippen LogP contribution is -2.46. The highest BCUT2D eigenvalue weighted by Gasteiger charge is 2.26. The van der Waals surface area contributed by atoms with Crippen LogP contribution in [0.4, 0.5) is 4.79 Å². The molecule has 1 heterocycles. The van der Waals surface area contributed by atoms with Crippen LogP contribution < -0.4 is 10.6 Å². The van der Waals surface area contributed by atoms with Gasteiger partial charge in [0, 0.05) is 23.4 Å². The van der Waals surface area contributed by atoms with E-state index in [0.29, 0.717) is 5.69 Å². The average molecular weight is 410 g/mol. The monoisotopic (exact) mass is 409 g/mol. The van der Waals surface area contributed by atoms with Crippen LogP contribution in [0.25, 0.3) is 0 Å². The van der Waals surface area contributed by atoms with Crippen molar-refractivity contribution < 1.29 is 19.4 Å². The summed E-state index contributed by atoms with van der Waals surface area (Å²) in [5, 5.41) is 14.3. The molecule has 0 aliphatic heterocycles. The smallest absolute Gasteiger partial charge is 0.322 e. The molecule has 0 aliphatic rings. The topological polar surface area (TPSA) is 101 Å². The number of rotatable bonds is 8. The fourth-order valence-electron chi connectivity index (χ4n) is 1.98. The number of amides is 3. The highest BCUT2D eigenvalue weighted by molar-refractivity contribution is 9.10. The molecule has 3 amide bonds. The normalized spacial score (nSPS) is 13.5. The molecule has 0 aliphatic carbocycles. The van der Waals surface area contributed by atoms with Crippen LogP contribution in [0.2, 0.25) is 0 Å². The first-order chi connectivity index (χ1) is 12.0. The third kappa shape index (κ3) is 6.26. The van der Waals surface area contributed by atoms with Gasteiger partial charge in [0.05, 0.1) is 12.3 Å². The maximum Gasteiger partial charge on any atom is 0.322 e. The van der Waals surface area contributed by atoms with Gasteiger partial charge in [0.15, 0.2) is 0 Å². The molecule has 8 heteroatoms. The first kappa shape index (κ1) is 20.8. The van der Waals surface area contributed by atoms with Crippen molar-refractivity contribution in [2.24, 2.45) is 0 Å². The van der Waals surface area contributed by atoms with Gasteiger partial charge in [0.2, 0.25) is 0 Å². The Kier molecular flexibility index (Phi) is 8.76. The molecule has 1 aromatic rings. The number of carbonyl (C=O) groups excluding carboxylic acids is 2. The molecular formula is C17H20BrN3O4. The van der Waals surface area contributed by atoms with E-state index >= 15 is 0 Å². The molecule has 1 aromatic heterocycles. The van der Waals surface area contributed by atoms with Gasteiger partial charge in [0.25, 0.3) is 5.91 Å². The van der Waals surface area contributed by atoms with Crippen molar-refractivity contribution in [1.82, 2.24) is 15.6 Å². The summed E-state index contributed by atoms with van der Waals surface area (Å²) in [4.78, 5) is 28.3. The van der Waals surface area contributed by atoms with E-state index in [4.69, 9.17) is 4.74 Å². The second kappa shape index (κ2) is 10.5. The third-order valence-corrected chi connectivity index (χ3v) is 3.70. The summed E-state index contributed by atoms with van der Waals surface area (Å²) in [7, 11) is 1.40. The number of methoxy groups -OCH3 is 1. The average Bonchev–Trinajstić information content (AvgIpc) is 2.59. The summed E-state index contributed by atoms with van der Waals surface area (Å²) in [6.45, 7) is 6.64. The van der Waals surface area contributed by atoms with Crippen LogP contribution in [-0.2, 0) is 9.53 Å². The summed E-state index contributed by atoms with van der Waals surface area (Å²) in [6, 6.07) is 1.88. The van der Waals surface area contributed by atoms with Crippen molar-refractivity contribution >= 4 is 27.9 Å². The number of aliphatic hydroxyl groups excluding tert-OH is 1. The largest absolute Gasteiger partial charge is 0.394 e. The Labute approximate surface area is 154 Å². The number of aromatic nitrogens is 1. The number of pyridine rings is 1. The molecule has 0 saturated carbocycles. The lowest BCUT2D eigenvalue weighted by atomic mass is 10.1. The molecule has 0 aromatic carbocycles. The van der Waals surface area contributed by atoms with Crippen molar-refractivity contribution in [3.63, 3.8) is 0 Å². The first-order valence-corrected chi connectivity index (χ1v) is 8.08. The summed E-state index contributed by atoms with van der Waals surface area (Å²) < 4.78 is 5.94. The van der Waals surface area contributed by atoms with Crippen LogP contribution in [0.3, 0.4) is 0 Å². The zero-order valence-corrected chi connectivity index (χ0v) is 15.3. The van der Waals surface area contributed by atoms with Gasteiger partial charge < -0.3 is 15.2 Å². The molecule has 25 heavy (non-hydrogen) atoms. The summed E-state index contributed by atoms with van der Waals surface area (Å²) >= 11 is 3.32. The summed E-state index contributed by atoms with van der Waals surface area (Å²) in [5.41, 5.74) is 0.649. The zero-order chi connectivity index (χ0) is 18.8. The lowest BCUT2D eigenvalue weighted by Gasteiger charge is -2.25. The molecule has 0 spiro atoms. The molecule has 7 nitrogen and oxygen atoms in total.